The van der Waals surface area contributed by atoms with Gasteiger partial charge < -0.3 is 19.9 Å². The van der Waals surface area contributed by atoms with Crippen LogP contribution in [-0.2, 0) is 17.9 Å². The van der Waals surface area contributed by atoms with Gasteiger partial charge in [0.05, 0.1) is 12.2 Å². The van der Waals surface area contributed by atoms with Gasteiger partial charge in [-0.3, -0.25) is 4.79 Å². The summed E-state index contributed by atoms with van der Waals surface area (Å²) in [5.74, 6) is -1.14. The summed E-state index contributed by atoms with van der Waals surface area (Å²) in [5.41, 5.74) is 2.15. The average molecular weight is 356 g/mol. The summed E-state index contributed by atoms with van der Waals surface area (Å²) in [6, 6.07) is 7.74. The Bertz CT molecular complexity index is 760. The highest BCUT2D eigenvalue weighted by Gasteiger charge is 2.31. The lowest BCUT2D eigenvalue weighted by molar-refractivity contribution is -0.143. The summed E-state index contributed by atoms with van der Waals surface area (Å²) in [6.07, 6.45) is 6.01. The molecule has 1 aromatic heterocycles. The van der Waals surface area contributed by atoms with Crippen molar-refractivity contribution in [3.8, 4) is 0 Å². The van der Waals surface area contributed by atoms with Crippen LogP contribution < -0.4 is 5.32 Å². The van der Waals surface area contributed by atoms with Crippen LogP contribution in [0.2, 0.25) is 0 Å². The van der Waals surface area contributed by atoms with Gasteiger partial charge in [0.25, 0.3) is 0 Å². The zero-order valence-corrected chi connectivity index (χ0v) is 14.8. The number of hydrogen-bond donors (Lipinski definition) is 2. The molecule has 2 atom stereocenters. The molecule has 1 aromatic carbocycles. The Morgan fingerprint density at radius 3 is 2.73 bits per heavy atom. The molecule has 1 fully saturated rings. The standard InChI is InChI=1S/C19H24N4O3/c1-14-8-17(18(24)25)12-23(10-14)19(26)21-9-15-4-2-3-5-16(15)11-22-7-6-20-13-22/h2-7,13-14,17H,8-12H2,1H3,(H,21,26)(H,24,25). The molecule has 2 amide bonds. The first kappa shape index (κ1) is 18.0. The second-order valence-corrected chi connectivity index (χ2v) is 6.94. The SMILES string of the molecule is CC1CC(C(=O)O)CN(C(=O)NCc2ccccc2Cn2ccnc2)C1. The molecule has 7 heteroatoms. The lowest BCUT2D eigenvalue weighted by Gasteiger charge is -2.34. The van der Waals surface area contributed by atoms with Gasteiger partial charge in [0.1, 0.15) is 0 Å². The van der Waals surface area contributed by atoms with Crippen LogP contribution in [0.4, 0.5) is 4.79 Å². The fourth-order valence-electron chi connectivity index (χ4n) is 3.44. The zero-order valence-electron chi connectivity index (χ0n) is 14.8. The van der Waals surface area contributed by atoms with Crippen LogP contribution in [0.5, 0.6) is 0 Å². The summed E-state index contributed by atoms with van der Waals surface area (Å²) >= 11 is 0. The van der Waals surface area contributed by atoms with E-state index in [1.807, 2.05) is 42.0 Å². The zero-order chi connectivity index (χ0) is 18.5. The Morgan fingerprint density at radius 1 is 1.27 bits per heavy atom. The van der Waals surface area contributed by atoms with E-state index in [4.69, 9.17) is 0 Å². The fourth-order valence-corrected chi connectivity index (χ4v) is 3.44. The summed E-state index contributed by atoms with van der Waals surface area (Å²) < 4.78 is 1.98. The maximum atomic E-state index is 12.5. The Labute approximate surface area is 152 Å². The third kappa shape index (κ3) is 4.41. The number of nitrogens with zero attached hydrogens (tertiary/aromatic N) is 3. The largest absolute Gasteiger partial charge is 0.481 e. The van der Waals surface area contributed by atoms with E-state index in [2.05, 4.69) is 10.3 Å². The molecule has 1 aliphatic heterocycles. The molecule has 1 aliphatic rings. The summed E-state index contributed by atoms with van der Waals surface area (Å²) in [5, 5.41) is 12.2. The molecule has 0 spiro atoms. The number of amides is 2. The predicted octanol–water partition coefficient (Wildman–Crippen LogP) is 2.18. The average Bonchev–Trinajstić information content (AvgIpc) is 3.13. The van der Waals surface area contributed by atoms with E-state index in [1.54, 1.807) is 17.4 Å². The number of piperidine rings is 1. The lowest BCUT2D eigenvalue weighted by atomic mass is 9.91. The van der Waals surface area contributed by atoms with Crippen LogP contribution in [0, 0.1) is 11.8 Å². The Morgan fingerprint density at radius 2 is 2.04 bits per heavy atom. The van der Waals surface area contributed by atoms with Crippen LogP contribution in [0.1, 0.15) is 24.5 Å². The van der Waals surface area contributed by atoms with Crippen molar-refractivity contribution in [2.24, 2.45) is 11.8 Å². The van der Waals surface area contributed by atoms with Crippen molar-refractivity contribution in [1.29, 1.82) is 0 Å². The molecule has 0 saturated carbocycles. The van der Waals surface area contributed by atoms with Crippen molar-refractivity contribution in [2.75, 3.05) is 13.1 Å². The molecule has 7 nitrogen and oxygen atoms in total. The van der Waals surface area contributed by atoms with Gasteiger partial charge in [-0.25, -0.2) is 9.78 Å². The summed E-state index contributed by atoms with van der Waals surface area (Å²) in [4.78, 5) is 29.5. The van der Waals surface area contributed by atoms with Crippen molar-refractivity contribution in [2.45, 2.75) is 26.4 Å². The van der Waals surface area contributed by atoms with Gasteiger partial charge in [0.15, 0.2) is 0 Å². The number of aliphatic carboxylic acids is 1. The molecule has 1 saturated heterocycles. The summed E-state index contributed by atoms with van der Waals surface area (Å²) in [7, 11) is 0. The van der Waals surface area contributed by atoms with Crippen molar-refractivity contribution in [3.63, 3.8) is 0 Å². The first-order chi connectivity index (χ1) is 12.5. The number of carboxylic acids is 1. The predicted molar refractivity (Wildman–Crippen MR) is 96.5 cm³/mol. The van der Waals surface area contributed by atoms with Gasteiger partial charge in [-0.2, -0.15) is 0 Å². The highest BCUT2D eigenvalue weighted by Crippen LogP contribution is 2.22. The van der Waals surface area contributed by atoms with Gasteiger partial charge >= 0.3 is 12.0 Å². The maximum absolute atomic E-state index is 12.5. The molecule has 0 radical (unpaired) electrons. The number of nitrogens with one attached hydrogen (secondary N) is 1. The molecule has 0 bridgehead atoms. The van der Waals surface area contributed by atoms with E-state index < -0.39 is 11.9 Å². The van der Waals surface area contributed by atoms with Crippen molar-refractivity contribution in [3.05, 3.63) is 54.1 Å². The molecule has 2 heterocycles. The molecular weight excluding hydrogens is 332 g/mol. The highest BCUT2D eigenvalue weighted by molar-refractivity contribution is 5.76. The van der Waals surface area contributed by atoms with Gasteiger partial charge in [-0.15, -0.1) is 0 Å². The first-order valence-electron chi connectivity index (χ1n) is 8.81. The third-order valence-corrected chi connectivity index (χ3v) is 4.76. The number of likely N-dealkylation sites (tertiary alicyclic amines) is 1. The van der Waals surface area contributed by atoms with Crippen LogP contribution in [0.25, 0.3) is 0 Å². The van der Waals surface area contributed by atoms with Crippen molar-refractivity contribution >= 4 is 12.0 Å². The number of imidazole rings is 1. The van der Waals surface area contributed by atoms with Crippen molar-refractivity contribution < 1.29 is 14.7 Å². The number of carbonyl (C=O) groups excluding carboxylic acids is 1. The number of benzene rings is 1. The first-order valence-corrected chi connectivity index (χ1v) is 8.81. The molecule has 138 valence electrons. The van der Waals surface area contributed by atoms with Crippen molar-refractivity contribution in [1.82, 2.24) is 19.8 Å². The monoisotopic (exact) mass is 356 g/mol. The topological polar surface area (TPSA) is 87.5 Å². The van der Waals surface area contributed by atoms with E-state index in [9.17, 15) is 14.7 Å². The Hall–Kier alpha value is -2.83. The van der Waals surface area contributed by atoms with Crippen LogP contribution in [0.15, 0.2) is 43.0 Å². The number of urea groups is 1. The van der Waals surface area contributed by atoms with Gasteiger partial charge in [0, 0.05) is 38.6 Å². The Balaban J connectivity index is 1.62. The quantitative estimate of drug-likeness (QED) is 0.860. The maximum Gasteiger partial charge on any atom is 0.317 e. The molecule has 2 N–H and O–H groups in total. The summed E-state index contributed by atoms with van der Waals surface area (Å²) in [6.45, 7) is 3.94. The molecule has 3 rings (SSSR count). The minimum atomic E-state index is -0.833. The minimum absolute atomic E-state index is 0.184. The molecular formula is C19H24N4O3. The van der Waals surface area contributed by atoms with Gasteiger partial charge in [-0.05, 0) is 23.5 Å². The number of aromatic nitrogens is 2. The number of carbonyl (C=O) groups is 2. The van der Waals surface area contributed by atoms with E-state index in [-0.39, 0.29) is 18.5 Å². The third-order valence-electron chi connectivity index (χ3n) is 4.76. The van der Waals surface area contributed by atoms with E-state index in [1.165, 1.54) is 0 Å². The minimum Gasteiger partial charge on any atom is -0.481 e. The van der Waals surface area contributed by atoms with E-state index in [0.29, 0.717) is 26.1 Å². The number of carboxylic acid groups (broad SMARTS) is 1. The second kappa shape index (κ2) is 8.03. The normalized spacial score (nSPS) is 20.0. The smallest absolute Gasteiger partial charge is 0.317 e. The fraction of sp³-hybridized carbons (Fsp3) is 0.421. The molecule has 2 aromatic rings. The van der Waals surface area contributed by atoms with Crippen LogP contribution >= 0.6 is 0 Å². The van der Waals surface area contributed by atoms with E-state index >= 15 is 0 Å². The number of hydrogen-bond acceptors (Lipinski definition) is 3. The van der Waals surface area contributed by atoms with Gasteiger partial charge in [-0.1, -0.05) is 31.2 Å². The van der Waals surface area contributed by atoms with Crippen LogP contribution in [0.3, 0.4) is 0 Å². The van der Waals surface area contributed by atoms with Crippen LogP contribution in [-0.4, -0.2) is 44.6 Å². The lowest BCUT2D eigenvalue weighted by Crippen LogP contribution is -2.49. The second-order valence-electron chi connectivity index (χ2n) is 6.94. The highest BCUT2D eigenvalue weighted by atomic mass is 16.4. The van der Waals surface area contributed by atoms with Gasteiger partial charge in [0.2, 0.25) is 0 Å². The molecule has 2 unspecified atom stereocenters. The number of rotatable bonds is 5. The molecule has 26 heavy (non-hydrogen) atoms. The Kier molecular flexibility index (Phi) is 5.55. The van der Waals surface area contributed by atoms with E-state index in [0.717, 1.165) is 11.1 Å². The molecule has 0 aliphatic carbocycles.